The molecule has 30 heavy (non-hydrogen) atoms. The summed E-state index contributed by atoms with van der Waals surface area (Å²) in [5, 5.41) is 9.14. The smallest absolute Gasteiger partial charge is 0.258 e. The predicted molar refractivity (Wildman–Crippen MR) is 121 cm³/mol. The Labute approximate surface area is 179 Å². The molecule has 0 atom stereocenters. The number of amides is 2. The lowest BCUT2D eigenvalue weighted by Crippen LogP contribution is -2.43. The van der Waals surface area contributed by atoms with Gasteiger partial charge in [0.2, 0.25) is 0 Å². The number of nitrogens with one attached hydrogen (secondary N) is 3. The maximum atomic E-state index is 12.3. The number of rotatable bonds is 9. The highest BCUT2D eigenvalue weighted by Crippen LogP contribution is 2.20. The standard InChI is InChI=1S/C24H33N3O3/c1-17(2)14-26-23(29)18-10-8-11-20(13-18)25-15-19-9-6-7-12-21(19)30-16-22(28)27-24(3,4)5/h6-13,17,25H,14-16H2,1-5H3,(H,26,29)(H,27,28). The third-order valence-corrected chi connectivity index (χ3v) is 4.12. The zero-order valence-corrected chi connectivity index (χ0v) is 18.5. The van der Waals surface area contributed by atoms with Crippen molar-refractivity contribution in [1.82, 2.24) is 10.6 Å². The van der Waals surface area contributed by atoms with Crippen molar-refractivity contribution in [2.75, 3.05) is 18.5 Å². The van der Waals surface area contributed by atoms with E-state index in [0.717, 1.165) is 11.3 Å². The van der Waals surface area contributed by atoms with Crippen LogP contribution in [0.5, 0.6) is 5.75 Å². The first-order valence-corrected chi connectivity index (χ1v) is 10.3. The zero-order valence-electron chi connectivity index (χ0n) is 18.5. The molecule has 6 nitrogen and oxygen atoms in total. The van der Waals surface area contributed by atoms with Crippen molar-refractivity contribution in [3.63, 3.8) is 0 Å². The van der Waals surface area contributed by atoms with Crippen LogP contribution >= 0.6 is 0 Å². The van der Waals surface area contributed by atoms with Gasteiger partial charge in [0, 0.05) is 35.4 Å². The van der Waals surface area contributed by atoms with Crippen LogP contribution in [0.1, 0.15) is 50.5 Å². The van der Waals surface area contributed by atoms with E-state index in [4.69, 9.17) is 4.74 Å². The van der Waals surface area contributed by atoms with Crippen LogP contribution in [-0.4, -0.2) is 30.5 Å². The largest absolute Gasteiger partial charge is 0.483 e. The van der Waals surface area contributed by atoms with Crippen molar-refractivity contribution < 1.29 is 14.3 Å². The Hall–Kier alpha value is -3.02. The van der Waals surface area contributed by atoms with E-state index >= 15 is 0 Å². The molecule has 6 heteroatoms. The van der Waals surface area contributed by atoms with Gasteiger partial charge in [-0.25, -0.2) is 0 Å². The Morgan fingerprint density at radius 1 is 1.03 bits per heavy atom. The lowest BCUT2D eigenvalue weighted by molar-refractivity contribution is -0.124. The van der Waals surface area contributed by atoms with Crippen LogP contribution in [0.3, 0.4) is 0 Å². The average Bonchev–Trinajstić information content (AvgIpc) is 2.68. The fraction of sp³-hybridized carbons (Fsp3) is 0.417. The molecule has 0 aromatic heterocycles. The van der Waals surface area contributed by atoms with Gasteiger partial charge in [-0.3, -0.25) is 9.59 Å². The summed E-state index contributed by atoms with van der Waals surface area (Å²) in [5.41, 5.74) is 2.08. The van der Waals surface area contributed by atoms with E-state index < -0.39 is 0 Å². The molecule has 2 aromatic rings. The fourth-order valence-electron chi connectivity index (χ4n) is 2.75. The molecule has 0 fully saturated rings. The van der Waals surface area contributed by atoms with Crippen LogP contribution in [0.2, 0.25) is 0 Å². The SMILES string of the molecule is CC(C)CNC(=O)c1cccc(NCc2ccccc2OCC(=O)NC(C)(C)C)c1. The molecule has 0 aliphatic carbocycles. The third kappa shape index (κ3) is 8.15. The number of anilines is 1. The van der Waals surface area contributed by atoms with Crippen LogP contribution in [0.25, 0.3) is 0 Å². The molecule has 2 amide bonds. The Bertz CT molecular complexity index is 857. The van der Waals surface area contributed by atoms with Gasteiger partial charge in [-0.05, 0) is 51.0 Å². The summed E-state index contributed by atoms with van der Waals surface area (Å²) in [6.07, 6.45) is 0. The second-order valence-electron chi connectivity index (χ2n) is 8.73. The molecule has 0 spiro atoms. The maximum absolute atomic E-state index is 12.3. The van der Waals surface area contributed by atoms with Gasteiger partial charge in [0.1, 0.15) is 5.75 Å². The van der Waals surface area contributed by atoms with Gasteiger partial charge in [-0.1, -0.05) is 38.1 Å². The Balaban J connectivity index is 1.97. The number of carbonyl (C=O) groups excluding carboxylic acids is 2. The molecule has 0 saturated heterocycles. The van der Waals surface area contributed by atoms with Crippen molar-refractivity contribution in [2.45, 2.75) is 46.7 Å². The van der Waals surface area contributed by atoms with Crippen molar-refractivity contribution >= 4 is 17.5 Å². The minimum Gasteiger partial charge on any atom is -0.483 e. The van der Waals surface area contributed by atoms with Gasteiger partial charge < -0.3 is 20.7 Å². The number of ether oxygens (including phenoxy) is 1. The lowest BCUT2D eigenvalue weighted by atomic mass is 10.1. The van der Waals surface area contributed by atoms with Crippen molar-refractivity contribution in [3.8, 4) is 5.75 Å². The molecule has 162 valence electrons. The molecule has 0 aliphatic heterocycles. The van der Waals surface area contributed by atoms with Gasteiger partial charge >= 0.3 is 0 Å². The number of benzene rings is 2. The molecule has 3 N–H and O–H groups in total. The molecular weight excluding hydrogens is 378 g/mol. The molecular formula is C24H33N3O3. The van der Waals surface area contributed by atoms with E-state index in [0.29, 0.717) is 30.3 Å². The van der Waals surface area contributed by atoms with Gasteiger partial charge in [-0.2, -0.15) is 0 Å². The van der Waals surface area contributed by atoms with E-state index in [9.17, 15) is 9.59 Å². The van der Waals surface area contributed by atoms with Crippen molar-refractivity contribution in [3.05, 3.63) is 59.7 Å². The average molecular weight is 412 g/mol. The predicted octanol–water partition coefficient (Wildman–Crippen LogP) is 3.98. The van der Waals surface area contributed by atoms with E-state index in [1.165, 1.54) is 0 Å². The molecule has 0 bridgehead atoms. The van der Waals surface area contributed by atoms with Crippen LogP contribution in [-0.2, 0) is 11.3 Å². The minimum absolute atomic E-state index is 0.0419. The maximum Gasteiger partial charge on any atom is 0.258 e. The summed E-state index contributed by atoms with van der Waals surface area (Å²) in [5.74, 6) is 0.809. The molecule has 0 saturated carbocycles. The zero-order chi connectivity index (χ0) is 22.1. The number of carbonyl (C=O) groups is 2. The topological polar surface area (TPSA) is 79.5 Å². The van der Waals surface area contributed by atoms with Crippen molar-refractivity contribution in [2.24, 2.45) is 5.92 Å². The van der Waals surface area contributed by atoms with Gasteiger partial charge in [0.25, 0.3) is 11.8 Å². The second kappa shape index (κ2) is 10.7. The number of hydrogen-bond donors (Lipinski definition) is 3. The van der Waals surface area contributed by atoms with E-state index in [1.54, 1.807) is 6.07 Å². The Kier molecular flexibility index (Phi) is 8.27. The summed E-state index contributed by atoms with van der Waals surface area (Å²) in [4.78, 5) is 24.3. The third-order valence-electron chi connectivity index (χ3n) is 4.12. The molecule has 2 rings (SSSR count). The lowest BCUT2D eigenvalue weighted by Gasteiger charge is -2.21. The molecule has 2 aromatic carbocycles. The van der Waals surface area contributed by atoms with E-state index in [2.05, 4.69) is 29.8 Å². The summed E-state index contributed by atoms with van der Waals surface area (Å²) in [7, 11) is 0. The highest BCUT2D eigenvalue weighted by Gasteiger charge is 2.14. The summed E-state index contributed by atoms with van der Waals surface area (Å²) in [6, 6.07) is 15.0. The van der Waals surface area contributed by atoms with Gasteiger partial charge in [-0.15, -0.1) is 0 Å². The fourth-order valence-corrected chi connectivity index (χ4v) is 2.75. The first kappa shape index (κ1) is 23.3. The Morgan fingerprint density at radius 2 is 1.77 bits per heavy atom. The highest BCUT2D eigenvalue weighted by atomic mass is 16.5. The van der Waals surface area contributed by atoms with Crippen molar-refractivity contribution in [1.29, 1.82) is 0 Å². The molecule has 0 aliphatic rings. The van der Waals surface area contributed by atoms with Crippen LogP contribution in [0, 0.1) is 5.92 Å². The quantitative estimate of drug-likeness (QED) is 0.583. The van der Waals surface area contributed by atoms with Crippen LogP contribution in [0.4, 0.5) is 5.69 Å². The summed E-state index contributed by atoms with van der Waals surface area (Å²) < 4.78 is 5.73. The minimum atomic E-state index is -0.298. The first-order valence-electron chi connectivity index (χ1n) is 10.3. The first-order chi connectivity index (χ1) is 14.1. The number of para-hydroxylation sites is 1. The summed E-state index contributed by atoms with van der Waals surface area (Å²) >= 11 is 0. The van der Waals surface area contributed by atoms with Gasteiger partial charge in [0.05, 0.1) is 0 Å². The van der Waals surface area contributed by atoms with E-state index in [-0.39, 0.29) is 24.0 Å². The monoisotopic (exact) mass is 411 g/mol. The molecule has 0 heterocycles. The van der Waals surface area contributed by atoms with Gasteiger partial charge in [0.15, 0.2) is 6.61 Å². The normalized spacial score (nSPS) is 11.1. The molecule has 0 radical (unpaired) electrons. The van der Waals surface area contributed by atoms with Crippen LogP contribution < -0.4 is 20.7 Å². The summed E-state index contributed by atoms with van der Waals surface area (Å²) in [6.45, 7) is 11.0. The molecule has 0 unspecified atom stereocenters. The van der Waals surface area contributed by atoms with E-state index in [1.807, 2.05) is 63.2 Å². The second-order valence-corrected chi connectivity index (χ2v) is 8.73. The van der Waals surface area contributed by atoms with Crippen LogP contribution in [0.15, 0.2) is 48.5 Å². The highest BCUT2D eigenvalue weighted by molar-refractivity contribution is 5.95. The Morgan fingerprint density at radius 3 is 2.47 bits per heavy atom. The number of hydrogen-bond acceptors (Lipinski definition) is 4.